The molecule has 0 aliphatic heterocycles. The average Bonchev–Trinajstić information content (AvgIpc) is 2.54. The molecule has 1 aromatic carbocycles. The van der Waals surface area contributed by atoms with Crippen molar-refractivity contribution in [3.63, 3.8) is 0 Å². The zero-order chi connectivity index (χ0) is 15.2. The van der Waals surface area contributed by atoms with Crippen molar-refractivity contribution in [3.8, 4) is 11.3 Å². The smallest absolute Gasteiger partial charge is 0.160 e. The lowest BCUT2D eigenvalue weighted by molar-refractivity contribution is 0.0536. The predicted octanol–water partition coefficient (Wildman–Crippen LogP) is 4.28. The van der Waals surface area contributed by atoms with E-state index < -0.39 is 0 Å². The molecular weight excluding hydrogens is 377 g/mol. The number of nitrogens with one attached hydrogen (secondary N) is 1. The van der Waals surface area contributed by atoms with E-state index in [1.54, 1.807) is 0 Å². The normalized spacial score (nSPS) is 12.2. The van der Waals surface area contributed by atoms with Gasteiger partial charge in [-0.3, -0.25) is 0 Å². The molecule has 2 aromatic rings. The molecule has 5 heteroatoms. The minimum Gasteiger partial charge on any atom is -0.372 e. The fraction of sp³-hybridized carbons (Fsp3) is 0.375. The lowest BCUT2D eigenvalue weighted by Crippen LogP contribution is -2.12. The van der Waals surface area contributed by atoms with Gasteiger partial charge in [0.25, 0.3) is 0 Å². The van der Waals surface area contributed by atoms with E-state index in [2.05, 4.69) is 51.9 Å². The molecule has 1 aromatic heterocycles. The molecule has 0 amide bonds. The van der Waals surface area contributed by atoms with Gasteiger partial charge < -0.3 is 10.1 Å². The van der Waals surface area contributed by atoms with Gasteiger partial charge in [0.2, 0.25) is 0 Å². The van der Waals surface area contributed by atoms with Gasteiger partial charge in [0.1, 0.15) is 11.9 Å². The standard InChI is InChI=1S/C16H20IN3O/c1-4-12(21-5-2)15-19-14(11-9-7-6-8-10-11)13(17)16(18-3)20-15/h6-10,12H,4-5H2,1-3H3,(H,18,19,20). The molecule has 1 atom stereocenters. The molecule has 1 N–H and O–H groups in total. The van der Waals surface area contributed by atoms with Crippen LogP contribution >= 0.6 is 22.6 Å². The van der Waals surface area contributed by atoms with Crippen molar-refractivity contribution in [2.45, 2.75) is 26.4 Å². The van der Waals surface area contributed by atoms with E-state index in [0.29, 0.717) is 6.61 Å². The van der Waals surface area contributed by atoms with Crippen LogP contribution in [0.3, 0.4) is 0 Å². The summed E-state index contributed by atoms with van der Waals surface area (Å²) in [6.07, 6.45) is 0.785. The Labute approximate surface area is 139 Å². The summed E-state index contributed by atoms with van der Waals surface area (Å²) in [5.41, 5.74) is 2.04. The monoisotopic (exact) mass is 397 g/mol. The molecule has 1 heterocycles. The number of hydrogen-bond acceptors (Lipinski definition) is 4. The molecule has 0 bridgehead atoms. The number of aromatic nitrogens is 2. The van der Waals surface area contributed by atoms with Gasteiger partial charge in [-0.05, 0) is 35.9 Å². The average molecular weight is 397 g/mol. The van der Waals surface area contributed by atoms with Crippen molar-refractivity contribution >= 4 is 28.4 Å². The maximum atomic E-state index is 5.75. The van der Waals surface area contributed by atoms with E-state index in [4.69, 9.17) is 9.72 Å². The van der Waals surface area contributed by atoms with Crippen molar-refractivity contribution in [2.75, 3.05) is 19.0 Å². The van der Waals surface area contributed by atoms with Crippen LogP contribution in [0.25, 0.3) is 11.3 Å². The van der Waals surface area contributed by atoms with Crippen LogP contribution in [0.1, 0.15) is 32.2 Å². The summed E-state index contributed by atoms with van der Waals surface area (Å²) < 4.78 is 6.78. The molecule has 0 saturated heterocycles. The molecule has 2 rings (SSSR count). The third kappa shape index (κ3) is 3.71. The summed E-state index contributed by atoms with van der Waals surface area (Å²) in [6.45, 7) is 4.73. The molecule has 0 spiro atoms. The molecule has 0 fully saturated rings. The molecule has 0 saturated carbocycles. The van der Waals surface area contributed by atoms with Crippen molar-refractivity contribution in [3.05, 3.63) is 39.7 Å². The van der Waals surface area contributed by atoms with Gasteiger partial charge >= 0.3 is 0 Å². The maximum Gasteiger partial charge on any atom is 0.160 e. The van der Waals surface area contributed by atoms with E-state index in [0.717, 1.165) is 32.9 Å². The van der Waals surface area contributed by atoms with Crippen LogP contribution < -0.4 is 5.32 Å². The summed E-state index contributed by atoms with van der Waals surface area (Å²) in [7, 11) is 1.88. The van der Waals surface area contributed by atoms with Gasteiger partial charge in [-0.1, -0.05) is 37.3 Å². The molecule has 21 heavy (non-hydrogen) atoms. The first-order valence-electron chi connectivity index (χ1n) is 7.13. The quantitative estimate of drug-likeness (QED) is 0.740. The lowest BCUT2D eigenvalue weighted by Gasteiger charge is -2.17. The Morgan fingerprint density at radius 3 is 2.48 bits per heavy atom. The molecule has 4 nitrogen and oxygen atoms in total. The summed E-state index contributed by atoms with van der Waals surface area (Å²) in [5, 5.41) is 3.15. The summed E-state index contributed by atoms with van der Waals surface area (Å²) in [4.78, 5) is 9.37. The highest BCUT2D eigenvalue weighted by Crippen LogP contribution is 2.30. The Kier molecular flexibility index (Phi) is 5.93. The maximum absolute atomic E-state index is 5.75. The van der Waals surface area contributed by atoms with Crippen molar-refractivity contribution in [1.82, 2.24) is 9.97 Å². The number of ether oxygens (including phenoxy) is 1. The first-order valence-corrected chi connectivity index (χ1v) is 8.21. The van der Waals surface area contributed by atoms with Crippen LogP contribution in [0, 0.1) is 3.57 Å². The number of nitrogens with zero attached hydrogens (tertiary/aromatic N) is 2. The third-order valence-electron chi connectivity index (χ3n) is 3.18. The largest absolute Gasteiger partial charge is 0.372 e. The van der Waals surface area contributed by atoms with Gasteiger partial charge in [-0.25, -0.2) is 9.97 Å². The van der Waals surface area contributed by atoms with E-state index >= 15 is 0 Å². The number of benzene rings is 1. The topological polar surface area (TPSA) is 47.0 Å². The number of hydrogen-bond donors (Lipinski definition) is 1. The van der Waals surface area contributed by atoms with Crippen LogP contribution in [-0.4, -0.2) is 23.6 Å². The molecule has 112 valence electrons. The van der Waals surface area contributed by atoms with Crippen LogP contribution in [0.5, 0.6) is 0 Å². The SMILES string of the molecule is CCOC(CC)c1nc(NC)c(I)c(-c2ccccc2)n1. The molecule has 1 unspecified atom stereocenters. The molecule has 0 radical (unpaired) electrons. The first kappa shape index (κ1) is 16.2. The van der Waals surface area contributed by atoms with Crippen LogP contribution in [-0.2, 0) is 4.74 Å². The van der Waals surface area contributed by atoms with Crippen molar-refractivity contribution in [1.29, 1.82) is 0 Å². The highest BCUT2D eigenvalue weighted by atomic mass is 127. The second-order valence-electron chi connectivity index (χ2n) is 4.56. The van der Waals surface area contributed by atoms with Crippen LogP contribution in [0.2, 0.25) is 0 Å². The van der Waals surface area contributed by atoms with Crippen LogP contribution in [0.4, 0.5) is 5.82 Å². The Hall–Kier alpha value is -1.21. The van der Waals surface area contributed by atoms with Gasteiger partial charge in [0, 0.05) is 19.2 Å². The number of halogens is 1. The van der Waals surface area contributed by atoms with Gasteiger partial charge in [0.05, 0.1) is 9.26 Å². The fourth-order valence-electron chi connectivity index (χ4n) is 2.14. The summed E-state index contributed by atoms with van der Waals surface area (Å²) in [5.74, 6) is 1.58. The zero-order valence-electron chi connectivity index (χ0n) is 12.6. The minimum atomic E-state index is -0.0680. The second-order valence-corrected chi connectivity index (χ2v) is 5.64. The first-order chi connectivity index (χ1) is 10.2. The Morgan fingerprint density at radius 1 is 1.19 bits per heavy atom. The van der Waals surface area contributed by atoms with Crippen molar-refractivity contribution < 1.29 is 4.74 Å². The highest BCUT2D eigenvalue weighted by Gasteiger charge is 2.18. The highest BCUT2D eigenvalue weighted by molar-refractivity contribution is 14.1. The fourth-order valence-corrected chi connectivity index (χ4v) is 2.96. The third-order valence-corrected chi connectivity index (χ3v) is 4.20. The van der Waals surface area contributed by atoms with Gasteiger partial charge in [0.15, 0.2) is 5.82 Å². The minimum absolute atomic E-state index is 0.0680. The number of anilines is 1. The molecule has 0 aliphatic rings. The van der Waals surface area contributed by atoms with Gasteiger partial charge in [-0.15, -0.1) is 0 Å². The Morgan fingerprint density at radius 2 is 1.90 bits per heavy atom. The van der Waals surface area contributed by atoms with E-state index in [9.17, 15) is 0 Å². The summed E-state index contributed by atoms with van der Waals surface area (Å²) >= 11 is 2.29. The molecule has 0 aliphatic carbocycles. The second kappa shape index (κ2) is 7.70. The molecular formula is C16H20IN3O. The Bertz CT molecular complexity index is 590. The predicted molar refractivity (Wildman–Crippen MR) is 94.4 cm³/mol. The van der Waals surface area contributed by atoms with E-state index in [1.165, 1.54) is 0 Å². The van der Waals surface area contributed by atoms with Gasteiger partial charge in [-0.2, -0.15) is 0 Å². The Balaban J connectivity index is 2.54. The summed E-state index contributed by atoms with van der Waals surface area (Å²) in [6, 6.07) is 10.2. The lowest BCUT2D eigenvalue weighted by atomic mass is 10.1. The number of rotatable bonds is 6. The van der Waals surface area contributed by atoms with Crippen LogP contribution in [0.15, 0.2) is 30.3 Å². The van der Waals surface area contributed by atoms with E-state index in [1.807, 2.05) is 32.2 Å². The van der Waals surface area contributed by atoms with Crippen molar-refractivity contribution in [2.24, 2.45) is 0 Å². The zero-order valence-corrected chi connectivity index (χ0v) is 14.7. The van der Waals surface area contributed by atoms with E-state index in [-0.39, 0.29) is 6.10 Å².